The number of imidazole rings is 1. The number of pyridine rings is 1. The first-order valence-corrected chi connectivity index (χ1v) is 13.8. The van der Waals surface area contributed by atoms with Crippen molar-refractivity contribution in [2.24, 2.45) is 7.05 Å². The Hall–Kier alpha value is -3.45. The molecule has 39 heavy (non-hydrogen) atoms. The molecule has 0 radical (unpaired) electrons. The molecule has 1 N–H and O–H groups in total. The largest absolute Gasteiger partial charge is 0.416 e. The van der Waals surface area contributed by atoms with Crippen molar-refractivity contribution in [3.63, 3.8) is 0 Å². The molecule has 3 heterocycles. The first kappa shape index (κ1) is 27.1. The van der Waals surface area contributed by atoms with Crippen LogP contribution in [0.1, 0.15) is 67.1 Å². The zero-order chi connectivity index (χ0) is 27.4. The normalized spacial score (nSPS) is 15.4. The second-order valence-corrected chi connectivity index (χ2v) is 10.6. The SMILES string of the molecule is CC(CCCc1cc(-c2c(-c3cccc(C(F)(F)F)c3)nc(C3CCNCC3)n2C)ccn1)c1ccccc1. The number of alkyl halides is 3. The van der Waals surface area contributed by atoms with Crippen molar-refractivity contribution in [2.45, 2.75) is 57.0 Å². The minimum Gasteiger partial charge on any atom is -0.330 e. The van der Waals surface area contributed by atoms with Gasteiger partial charge in [0.1, 0.15) is 5.82 Å². The average molecular weight is 533 g/mol. The third kappa shape index (κ3) is 6.25. The van der Waals surface area contributed by atoms with Gasteiger partial charge in [-0.15, -0.1) is 0 Å². The van der Waals surface area contributed by atoms with Crippen molar-refractivity contribution >= 4 is 0 Å². The van der Waals surface area contributed by atoms with E-state index in [2.05, 4.69) is 52.1 Å². The fourth-order valence-electron chi connectivity index (χ4n) is 5.64. The highest BCUT2D eigenvalue weighted by Crippen LogP contribution is 2.38. The van der Waals surface area contributed by atoms with Crippen molar-refractivity contribution in [3.8, 4) is 22.5 Å². The molecule has 0 spiro atoms. The van der Waals surface area contributed by atoms with E-state index >= 15 is 0 Å². The molecule has 0 saturated carbocycles. The van der Waals surface area contributed by atoms with Gasteiger partial charge in [0.05, 0.1) is 17.0 Å². The smallest absolute Gasteiger partial charge is 0.330 e. The number of benzene rings is 2. The minimum atomic E-state index is -4.41. The van der Waals surface area contributed by atoms with Gasteiger partial charge in [-0.1, -0.05) is 49.4 Å². The van der Waals surface area contributed by atoms with E-state index in [1.165, 1.54) is 17.7 Å². The number of hydrogen-bond donors (Lipinski definition) is 1. The summed E-state index contributed by atoms with van der Waals surface area (Å²) >= 11 is 0. The topological polar surface area (TPSA) is 42.7 Å². The Labute approximate surface area is 228 Å². The third-order valence-corrected chi connectivity index (χ3v) is 7.83. The van der Waals surface area contributed by atoms with Crippen LogP contribution in [0.4, 0.5) is 13.2 Å². The van der Waals surface area contributed by atoms with Gasteiger partial charge in [0, 0.05) is 36.0 Å². The van der Waals surface area contributed by atoms with Crippen LogP contribution in [0.25, 0.3) is 22.5 Å². The minimum absolute atomic E-state index is 0.260. The van der Waals surface area contributed by atoms with E-state index in [0.29, 0.717) is 17.2 Å². The Morgan fingerprint density at radius 2 is 1.74 bits per heavy atom. The summed E-state index contributed by atoms with van der Waals surface area (Å²) in [4.78, 5) is 9.62. The maximum Gasteiger partial charge on any atom is 0.416 e. The molecule has 0 amide bonds. The Morgan fingerprint density at radius 3 is 2.49 bits per heavy atom. The Morgan fingerprint density at radius 1 is 0.974 bits per heavy atom. The Balaban J connectivity index is 1.46. The van der Waals surface area contributed by atoms with Crippen LogP contribution in [-0.4, -0.2) is 27.6 Å². The molecule has 2 aromatic carbocycles. The van der Waals surface area contributed by atoms with Crippen LogP contribution >= 0.6 is 0 Å². The zero-order valence-corrected chi connectivity index (χ0v) is 22.5. The van der Waals surface area contributed by atoms with Crippen LogP contribution in [0.2, 0.25) is 0 Å². The van der Waals surface area contributed by atoms with Gasteiger partial charge in [-0.25, -0.2) is 4.98 Å². The Kier molecular flexibility index (Phi) is 8.17. The molecular formula is C32H35F3N4. The monoisotopic (exact) mass is 532 g/mol. The quantitative estimate of drug-likeness (QED) is 0.252. The van der Waals surface area contributed by atoms with Crippen LogP contribution in [0.3, 0.4) is 0 Å². The summed E-state index contributed by atoms with van der Waals surface area (Å²) in [7, 11) is 1.98. The van der Waals surface area contributed by atoms with Gasteiger partial charge < -0.3 is 9.88 Å². The molecule has 1 fully saturated rings. The van der Waals surface area contributed by atoms with Crippen LogP contribution < -0.4 is 5.32 Å². The van der Waals surface area contributed by atoms with Gasteiger partial charge in [0.15, 0.2) is 0 Å². The number of piperidine rings is 1. The number of hydrogen-bond acceptors (Lipinski definition) is 3. The number of nitrogens with zero attached hydrogens (tertiary/aromatic N) is 3. The van der Waals surface area contributed by atoms with Gasteiger partial charge in [-0.2, -0.15) is 13.2 Å². The lowest BCUT2D eigenvalue weighted by molar-refractivity contribution is -0.137. The predicted molar refractivity (Wildman–Crippen MR) is 150 cm³/mol. The highest BCUT2D eigenvalue weighted by molar-refractivity contribution is 5.79. The molecule has 5 rings (SSSR count). The number of halogens is 3. The van der Waals surface area contributed by atoms with Crippen LogP contribution in [0, 0.1) is 0 Å². The summed E-state index contributed by atoms with van der Waals surface area (Å²) in [6.07, 6.45) is 2.18. The highest BCUT2D eigenvalue weighted by Gasteiger charge is 2.31. The highest BCUT2D eigenvalue weighted by atomic mass is 19.4. The molecular weight excluding hydrogens is 497 g/mol. The van der Waals surface area contributed by atoms with Crippen molar-refractivity contribution in [3.05, 3.63) is 95.6 Å². The molecule has 2 aromatic heterocycles. The standard InChI is InChI=1S/C32H35F3N4/c1-22(23-9-4-3-5-10-23)8-6-13-28-21-26(16-19-37-28)30-29(25-11-7-12-27(20-25)32(33,34)35)38-31(39(30)2)24-14-17-36-18-15-24/h3-5,7,9-12,16,19-22,24,36H,6,8,13-15,17-18H2,1-2H3. The fourth-order valence-corrected chi connectivity index (χ4v) is 5.64. The van der Waals surface area contributed by atoms with Crippen molar-refractivity contribution in [1.82, 2.24) is 19.9 Å². The summed E-state index contributed by atoms with van der Waals surface area (Å²) in [6, 6.07) is 20.1. The van der Waals surface area contributed by atoms with Gasteiger partial charge in [-0.3, -0.25) is 4.98 Å². The van der Waals surface area contributed by atoms with E-state index < -0.39 is 11.7 Å². The summed E-state index contributed by atoms with van der Waals surface area (Å²) < 4.78 is 42.8. The summed E-state index contributed by atoms with van der Waals surface area (Å²) in [5.41, 5.74) is 4.49. The first-order valence-electron chi connectivity index (χ1n) is 13.8. The molecule has 1 aliphatic rings. The molecule has 1 aliphatic heterocycles. The molecule has 1 atom stereocenters. The van der Waals surface area contributed by atoms with E-state index in [4.69, 9.17) is 4.98 Å². The lowest BCUT2D eigenvalue weighted by Gasteiger charge is -2.22. The zero-order valence-electron chi connectivity index (χ0n) is 22.5. The molecule has 4 nitrogen and oxygen atoms in total. The molecule has 1 unspecified atom stereocenters. The first-order chi connectivity index (χ1) is 18.8. The lowest BCUT2D eigenvalue weighted by Crippen LogP contribution is -2.27. The summed E-state index contributed by atoms with van der Waals surface area (Å²) in [6.45, 7) is 4.07. The maximum absolute atomic E-state index is 13.6. The summed E-state index contributed by atoms with van der Waals surface area (Å²) in [5.74, 6) is 1.65. The third-order valence-electron chi connectivity index (χ3n) is 7.83. The van der Waals surface area contributed by atoms with E-state index in [-0.39, 0.29) is 5.92 Å². The number of aryl methyl sites for hydroxylation is 1. The Bertz CT molecular complexity index is 1390. The number of aromatic nitrogens is 3. The maximum atomic E-state index is 13.6. The molecule has 1 saturated heterocycles. The second kappa shape index (κ2) is 11.7. The van der Waals surface area contributed by atoms with Crippen LogP contribution in [0.15, 0.2) is 72.9 Å². The van der Waals surface area contributed by atoms with E-state index in [1.807, 2.05) is 19.2 Å². The fraction of sp³-hybridized carbons (Fsp3) is 0.375. The van der Waals surface area contributed by atoms with E-state index in [1.54, 1.807) is 12.3 Å². The molecule has 4 aromatic rings. The number of rotatable bonds is 8. The van der Waals surface area contributed by atoms with Crippen LogP contribution in [-0.2, 0) is 19.6 Å². The van der Waals surface area contributed by atoms with Crippen molar-refractivity contribution < 1.29 is 13.2 Å². The van der Waals surface area contributed by atoms with E-state index in [0.717, 1.165) is 74.0 Å². The van der Waals surface area contributed by atoms with Gasteiger partial charge >= 0.3 is 6.18 Å². The van der Waals surface area contributed by atoms with Crippen molar-refractivity contribution in [2.75, 3.05) is 13.1 Å². The molecule has 7 heteroatoms. The lowest BCUT2D eigenvalue weighted by atomic mass is 9.95. The van der Waals surface area contributed by atoms with E-state index in [9.17, 15) is 13.2 Å². The van der Waals surface area contributed by atoms with Gasteiger partial charge in [-0.05, 0) is 80.9 Å². The predicted octanol–water partition coefficient (Wildman–Crippen LogP) is 7.76. The summed E-state index contributed by atoms with van der Waals surface area (Å²) in [5, 5.41) is 3.39. The van der Waals surface area contributed by atoms with Gasteiger partial charge in [0.25, 0.3) is 0 Å². The molecule has 204 valence electrons. The van der Waals surface area contributed by atoms with Crippen molar-refractivity contribution in [1.29, 1.82) is 0 Å². The average Bonchev–Trinajstić information content (AvgIpc) is 3.30. The van der Waals surface area contributed by atoms with Crippen LogP contribution in [0.5, 0.6) is 0 Å². The van der Waals surface area contributed by atoms with Gasteiger partial charge in [0.2, 0.25) is 0 Å². The second-order valence-electron chi connectivity index (χ2n) is 10.6. The molecule has 0 bridgehead atoms. The number of nitrogens with one attached hydrogen (secondary N) is 1. The molecule has 0 aliphatic carbocycles.